The Morgan fingerprint density at radius 1 is 1.23 bits per heavy atom. The van der Waals surface area contributed by atoms with Crippen LogP contribution in [0.25, 0.3) is 0 Å². The van der Waals surface area contributed by atoms with E-state index in [1.165, 1.54) is 0 Å². The smallest absolute Gasteiger partial charge is 0.263 e. The second-order valence-corrected chi connectivity index (χ2v) is 9.33. The molecule has 1 fully saturated rings. The van der Waals surface area contributed by atoms with E-state index in [4.69, 9.17) is 4.74 Å². The van der Waals surface area contributed by atoms with Gasteiger partial charge < -0.3 is 10.1 Å². The SMILES string of the molecule is CCC(CC)C(CNC(=O)CCN=C1NS(=O)(=O)c2ccccc21)N1CCOCC1. The van der Waals surface area contributed by atoms with Crippen LogP contribution in [0.2, 0.25) is 0 Å². The number of amidine groups is 1. The Labute approximate surface area is 179 Å². The first-order valence-electron chi connectivity index (χ1n) is 10.7. The second-order valence-electron chi connectivity index (χ2n) is 7.68. The number of rotatable bonds is 9. The largest absolute Gasteiger partial charge is 0.379 e. The van der Waals surface area contributed by atoms with Crippen LogP contribution < -0.4 is 10.0 Å². The minimum absolute atomic E-state index is 0.0716. The summed E-state index contributed by atoms with van der Waals surface area (Å²) in [6, 6.07) is 7.02. The molecule has 0 aromatic heterocycles. The number of hydrogen-bond donors (Lipinski definition) is 2. The normalized spacial score (nSPS) is 20.7. The maximum absolute atomic E-state index is 12.4. The molecule has 2 aliphatic heterocycles. The molecular weight excluding hydrogens is 404 g/mol. The number of fused-ring (bicyclic) bond motifs is 1. The number of nitrogens with one attached hydrogen (secondary N) is 2. The van der Waals surface area contributed by atoms with Crippen molar-refractivity contribution in [2.45, 2.75) is 44.0 Å². The van der Waals surface area contributed by atoms with Crippen LogP contribution in [0.3, 0.4) is 0 Å². The standard InChI is InChI=1S/C21H32N4O4S/c1-3-16(4-2)18(25-11-13-29-14-12-25)15-23-20(26)9-10-22-21-17-7-5-6-8-19(17)30(27,28)24-21/h5-8,16,18H,3-4,9-15H2,1-2H3,(H,22,24)(H,23,26). The van der Waals surface area contributed by atoms with Crippen molar-refractivity contribution in [2.24, 2.45) is 10.9 Å². The minimum atomic E-state index is -3.55. The molecule has 0 aliphatic carbocycles. The average molecular weight is 437 g/mol. The molecule has 1 amide bonds. The van der Waals surface area contributed by atoms with E-state index in [1.807, 2.05) is 0 Å². The minimum Gasteiger partial charge on any atom is -0.379 e. The molecule has 1 unspecified atom stereocenters. The van der Waals surface area contributed by atoms with Gasteiger partial charge in [-0.15, -0.1) is 0 Å². The van der Waals surface area contributed by atoms with Crippen molar-refractivity contribution in [2.75, 3.05) is 39.4 Å². The number of ether oxygens (including phenoxy) is 1. The van der Waals surface area contributed by atoms with Crippen molar-refractivity contribution in [3.8, 4) is 0 Å². The van der Waals surface area contributed by atoms with Gasteiger partial charge in [-0.2, -0.15) is 0 Å². The van der Waals surface area contributed by atoms with Gasteiger partial charge in [-0.1, -0.05) is 38.8 Å². The van der Waals surface area contributed by atoms with Crippen molar-refractivity contribution < 1.29 is 17.9 Å². The Hall–Kier alpha value is -1.97. The summed E-state index contributed by atoms with van der Waals surface area (Å²) < 4.78 is 32.2. The predicted octanol–water partition coefficient (Wildman–Crippen LogP) is 1.37. The number of morpholine rings is 1. The number of carbonyl (C=O) groups is 1. The molecule has 1 saturated heterocycles. The van der Waals surface area contributed by atoms with Crippen LogP contribution in [0.1, 0.15) is 38.7 Å². The highest BCUT2D eigenvalue weighted by Crippen LogP contribution is 2.22. The second kappa shape index (κ2) is 10.4. The van der Waals surface area contributed by atoms with E-state index in [2.05, 4.69) is 33.8 Å². The lowest BCUT2D eigenvalue weighted by molar-refractivity contribution is -0.121. The lowest BCUT2D eigenvalue weighted by Crippen LogP contribution is -2.52. The zero-order chi connectivity index (χ0) is 21.6. The zero-order valence-electron chi connectivity index (χ0n) is 17.8. The van der Waals surface area contributed by atoms with E-state index >= 15 is 0 Å². The van der Waals surface area contributed by atoms with Gasteiger partial charge in [0.15, 0.2) is 0 Å². The molecule has 0 spiro atoms. The van der Waals surface area contributed by atoms with E-state index in [0.717, 1.165) is 39.1 Å². The van der Waals surface area contributed by atoms with Crippen LogP contribution in [0, 0.1) is 5.92 Å². The van der Waals surface area contributed by atoms with Crippen molar-refractivity contribution in [1.82, 2.24) is 14.9 Å². The van der Waals surface area contributed by atoms with Crippen molar-refractivity contribution in [3.63, 3.8) is 0 Å². The van der Waals surface area contributed by atoms with Crippen LogP contribution in [0.5, 0.6) is 0 Å². The van der Waals surface area contributed by atoms with Gasteiger partial charge in [0.25, 0.3) is 10.0 Å². The van der Waals surface area contributed by atoms with Gasteiger partial charge >= 0.3 is 0 Å². The van der Waals surface area contributed by atoms with E-state index in [-0.39, 0.29) is 23.8 Å². The summed E-state index contributed by atoms with van der Waals surface area (Å²) >= 11 is 0. The summed E-state index contributed by atoms with van der Waals surface area (Å²) in [5, 5.41) is 3.06. The van der Waals surface area contributed by atoms with Crippen LogP contribution >= 0.6 is 0 Å². The lowest BCUT2D eigenvalue weighted by Gasteiger charge is -2.38. The maximum Gasteiger partial charge on any atom is 0.263 e. The van der Waals surface area contributed by atoms with E-state index in [1.54, 1.807) is 24.3 Å². The molecule has 0 saturated carbocycles. The summed E-state index contributed by atoms with van der Waals surface area (Å²) in [5.41, 5.74) is 0.555. The highest BCUT2D eigenvalue weighted by Gasteiger charge is 2.30. The van der Waals surface area contributed by atoms with Gasteiger partial charge in [0.2, 0.25) is 5.91 Å². The van der Waals surface area contributed by atoms with Crippen molar-refractivity contribution in [1.29, 1.82) is 0 Å². The van der Waals surface area contributed by atoms with Gasteiger partial charge in [-0.25, -0.2) is 8.42 Å². The van der Waals surface area contributed by atoms with Gasteiger partial charge in [0.1, 0.15) is 5.84 Å². The molecule has 3 rings (SSSR count). The molecule has 2 heterocycles. The zero-order valence-corrected chi connectivity index (χ0v) is 18.6. The molecule has 0 radical (unpaired) electrons. The first-order chi connectivity index (χ1) is 14.5. The Morgan fingerprint density at radius 3 is 2.63 bits per heavy atom. The Morgan fingerprint density at radius 2 is 1.93 bits per heavy atom. The first kappa shape index (κ1) is 22.7. The van der Waals surface area contributed by atoms with Gasteiger partial charge in [-0.3, -0.25) is 19.4 Å². The fourth-order valence-electron chi connectivity index (χ4n) is 4.16. The maximum atomic E-state index is 12.4. The quantitative estimate of drug-likeness (QED) is 0.609. The Bertz CT molecular complexity index is 862. The summed E-state index contributed by atoms with van der Waals surface area (Å²) in [4.78, 5) is 19.4. The number of aliphatic imine (C=N–C) groups is 1. The van der Waals surface area contributed by atoms with Gasteiger partial charge in [-0.05, 0) is 18.1 Å². The molecule has 2 N–H and O–H groups in total. The average Bonchev–Trinajstić information content (AvgIpc) is 3.02. The number of benzene rings is 1. The number of sulfonamides is 1. The predicted molar refractivity (Wildman–Crippen MR) is 116 cm³/mol. The summed E-state index contributed by atoms with van der Waals surface area (Å²) in [5.74, 6) is 0.757. The van der Waals surface area contributed by atoms with Crippen LogP contribution in [0.15, 0.2) is 34.2 Å². The van der Waals surface area contributed by atoms with Crippen molar-refractivity contribution in [3.05, 3.63) is 29.8 Å². The van der Waals surface area contributed by atoms with E-state index in [0.29, 0.717) is 29.9 Å². The van der Waals surface area contributed by atoms with Gasteiger partial charge in [0, 0.05) is 37.7 Å². The molecule has 1 aromatic carbocycles. The third kappa shape index (κ3) is 5.39. The highest BCUT2D eigenvalue weighted by atomic mass is 32.2. The molecule has 9 heteroatoms. The fraction of sp³-hybridized carbons (Fsp3) is 0.619. The Kier molecular flexibility index (Phi) is 7.85. The molecule has 1 atom stereocenters. The Balaban J connectivity index is 1.54. The molecule has 2 aliphatic rings. The number of hydrogen-bond acceptors (Lipinski definition) is 6. The molecule has 166 valence electrons. The summed E-state index contributed by atoms with van der Waals surface area (Å²) in [6.07, 6.45) is 2.36. The number of amides is 1. The van der Waals surface area contributed by atoms with Crippen molar-refractivity contribution >= 4 is 21.8 Å². The highest BCUT2D eigenvalue weighted by molar-refractivity contribution is 7.90. The molecule has 1 aromatic rings. The van der Waals surface area contributed by atoms with Gasteiger partial charge in [0.05, 0.1) is 24.7 Å². The number of nitrogens with zero attached hydrogens (tertiary/aromatic N) is 2. The van der Waals surface area contributed by atoms with Crippen LogP contribution in [-0.2, 0) is 19.6 Å². The lowest BCUT2D eigenvalue weighted by atomic mass is 9.92. The topological polar surface area (TPSA) is 100 Å². The first-order valence-corrected chi connectivity index (χ1v) is 12.2. The van der Waals surface area contributed by atoms with Crippen LogP contribution in [0.4, 0.5) is 0 Å². The van der Waals surface area contributed by atoms with E-state index < -0.39 is 10.0 Å². The summed E-state index contributed by atoms with van der Waals surface area (Å²) in [7, 11) is -3.55. The molecule has 0 bridgehead atoms. The summed E-state index contributed by atoms with van der Waals surface area (Å²) in [6.45, 7) is 8.48. The fourth-order valence-corrected chi connectivity index (χ4v) is 5.41. The van der Waals surface area contributed by atoms with E-state index in [9.17, 15) is 13.2 Å². The monoisotopic (exact) mass is 436 g/mol. The molecular formula is C21H32N4O4S. The third-order valence-corrected chi connectivity index (χ3v) is 7.28. The number of carbonyl (C=O) groups excluding carboxylic acids is 1. The third-order valence-electron chi connectivity index (χ3n) is 5.89. The molecule has 30 heavy (non-hydrogen) atoms. The molecule has 8 nitrogen and oxygen atoms in total. The van der Waals surface area contributed by atoms with Crippen LogP contribution in [-0.4, -0.2) is 70.5 Å².